The third-order valence-corrected chi connectivity index (χ3v) is 7.16. The van der Waals surface area contributed by atoms with Gasteiger partial charge in [0.2, 0.25) is 5.82 Å². The molecule has 10 nitrogen and oxygen atoms in total. The van der Waals surface area contributed by atoms with Gasteiger partial charge >= 0.3 is 0 Å². The number of aromatic nitrogens is 5. The summed E-state index contributed by atoms with van der Waals surface area (Å²) in [6.45, 7) is 2.47. The molecule has 0 aromatic carbocycles. The molecule has 1 saturated carbocycles. The van der Waals surface area contributed by atoms with Crippen LogP contribution in [0.4, 0.5) is 0 Å². The summed E-state index contributed by atoms with van der Waals surface area (Å²) < 4.78 is 3.61. The van der Waals surface area contributed by atoms with Gasteiger partial charge in [-0.25, -0.2) is 0 Å². The molecule has 0 bridgehead atoms. The number of nitrogens with zero attached hydrogens (tertiary/aromatic N) is 7. The number of hydrogen-bond acceptors (Lipinski definition) is 6. The maximum Gasteiger partial charge on any atom is 0.289 e. The number of hydrogen-bond donors (Lipinski definition) is 1. The predicted molar refractivity (Wildman–Crippen MR) is 112 cm³/mol. The quantitative estimate of drug-likeness (QED) is 0.779. The summed E-state index contributed by atoms with van der Waals surface area (Å²) in [5.74, 6) is 1.01. The van der Waals surface area contributed by atoms with Crippen molar-refractivity contribution < 1.29 is 9.59 Å². The van der Waals surface area contributed by atoms with Crippen LogP contribution >= 0.6 is 0 Å². The van der Waals surface area contributed by atoms with Crippen LogP contribution in [-0.4, -0.2) is 77.9 Å². The first-order chi connectivity index (χ1) is 14.9. The number of aryl methyl sites for hydroxylation is 1. The molecule has 3 aliphatic rings. The second-order valence-electron chi connectivity index (χ2n) is 9.27. The molecule has 1 atom stereocenters. The maximum atomic E-state index is 13.0. The van der Waals surface area contributed by atoms with Crippen LogP contribution in [0.15, 0.2) is 12.3 Å². The van der Waals surface area contributed by atoms with E-state index in [-0.39, 0.29) is 23.4 Å². The summed E-state index contributed by atoms with van der Waals surface area (Å²) in [5.41, 5.74) is 0.232. The summed E-state index contributed by atoms with van der Waals surface area (Å²) in [5, 5.41) is 16.0. The molecule has 2 amide bonds. The predicted octanol–water partition coefficient (Wildman–Crippen LogP) is 0.804. The summed E-state index contributed by atoms with van der Waals surface area (Å²) in [6, 6.07) is 1.98. The molecule has 1 N–H and O–H groups in total. The average Bonchev–Trinajstić information content (AvgIpc) is 3.48. The second kappa shape index (κ2) is 7.74. The molecule has 10 heteroatoms. The summed E-state index contributed by atoms with van der Waals surface area (Å²) >= 11 is 0. The van der Waals surface area contributed by atoms with Gasteiger partial charge in [-0.3, -0.25) is 19.2 Å². The molecule has 1 spiro atoms. The van der Waals surface area contributed by atoms with Crippen molar-refractivity contribution in [1.82, 2.24) is 39.7 Å². The molecule has 4 heterocycles. The highest BCUT2D eigenvalue weighted by Crippen LogP contribution is 2.34. The fourth-order valence-corrected chi connectivity index (χ4v) is 5.24. The highest BCUT2D eigenvalue weighted by molar-refractivity contribution is 5.92. The van der Waals surface area contributed by atoms with E-state index in [0.29, 0.717) is 37.7 Å². The van der Waals surface area contributed by atoms with Crippen molar-refractivity contribution in [3.05, 3.63) is 29.6 Å². The van der Waals surface area contributed by atoms with Crippen molar-refractivity contribution in [1.29, 1.82) is 0 Å². The highest BCUT2D eigenvalue weighted by atomic mass is 16.2. The topological polar surface area (TPSA) is 101 Å². The van der Waals surface area contributed by atoms with Gasteiger partial charge in [0, 0.05) is 38.9 Å². The van der Waals surface area contributed by atoms with Crippen molar-refractivity contribution in [3.8, 4) is 0 Å². The molecule has 166 valence electrons. The van der Waals surface area contributed by atoms with Gasteiger partial charge < -0.3 is 14.8 Å². The molecule has 1 saturated heterocycles. The first kappa shape index (κ1) is 20.2. The van der Waals surface area contributed by atoms with Gasteiger partial charge in [-0.15, -0.1) is 10.2 Å². The molecule has 5 rings (SSSR count). The van der Waals surface area contributed by atoms with E-state index < -0.39 is 0 Å². The van der Waals surface area contributed by atoms with Gasteiger partial charge in [0.05, 0.1) is 12.1 Å². The lowest BCUT2D eigenvalue weighted by molar-refractivity contribution is 0.0565. The summed E-state index contributed by atoms with van der Waals surface area (Å²) in [4.78, 5) is 30.0. The monoisotopic (exact) mass is 426 g/mol. The summed E-state index contributed by atoms with van der Waals surface area (Å²) in [7, 11) is 3.87. The minimum atomic E-state index is -0.236. The van der Waals surface area contributed by atoms with Crippen molar-refractivity contribution in [3.63, 3.8) is 0 Å². The molecule has 0 radical (unpaired) electrons. The molecular weight excluding hydrogens is 396 g/mol. The van der Waals surface area contributed by atoms with Crippen LogP contribution in [-0.2, 0) is 20.1 Å². The molecular formula is C21H30N8O2. The summed E-state index contributed by atoms with van der Waals surface area (Å²) in [6.07, 6.45) is 8.26. The van der Waals surface area contributed by atoms with Crippen LogP contribution in [0.25, 0.3) is 0 Å². The van der Waals surface area contributed by atoms with Crippen LogP contribution in [0.2, 0.25) is 0 Å². The van der Waals surface area contributed by atoms with E-state index in [1.54, 1.807) is 16.9 Å². The van der Waals surface area contributed by atoms with E-state index >= 15 is 0 Å². The van der Waals surface area contributed by atoms with Crippen molar-refractivity contribution in [2.75, 3.05) is 20.1 Å². The van der Waals surface area contributed by atoms with E-state index in [2.05, 4.69) is 32.6 Å². The third kappa shape index (κ3) is 3.62. The number of nitrogens with one attached hydrogen (secondary N) is 1. The molecule has 31 heavy (non-hydrogen) atoms. The first-order valence-electron chi connectivity index (χ1n) is 11.2. The Hall–Kier alpha value is -2.75. The minimum Gasteiger partial charge on any atom is -0.347 e. The number of carbonyl (C=O) groups excluding carboxylic acids is 2. The number of carbonyl (C=O) groups is 2. The van der Waals surface area contributed by atoms with Gasteiger partial charge in [-0.2, -0.15) is 5.10 Å². The van der Waals surface area contributed by atoms with E-state index in [1.807, 2.05) is 16.5 Å². The normalized spacial score (nSPS) is 24.5. The standard InChI is InChI=1S/C21H30N8O2/c1-26-12-17-23-24-18(19(30)22-15-6-4-3-5-7-15)29(17)14-21(26)9-11-28(13-21)20(31)16-8-10-27(2)25-16/h8,10,15H,3-7,9,11-14H2,1-2H3,(H,22,30)/t21-/m1/s1. The van der Waals surface area contributed by atoms with E-state index in [1.165, 1.54) is 6.42 Å². The van der Waals surface area contributed by atoms with Crippen molar-refractivity contribution >= 4 is 11.8 Å². The van der Waals surface area contributed by atoms with Crippen LogP contribution in [0.5, 0.6) is 0 Å². The SMILES string of the molecule is CN1Cc2nnc(C(=O)NC3CCCCC3)n2C[C@]12CCN(C(=O)c1ccn(C)n1)C2. The van der Waals surface area contributed by atoms with Gasteiger partial charge in [-0.05, 0) is 32.4 Å². The van der Waals surface area contributed by atoms with Gasteiger partial charge in [0.1, 0.15) is 11.5 Å². The van der Waals surface area contributed by atoms with Gasteiger partial charge in [-0.1, -0.05) is 19.3 Å². The third-order valence-electron chi connectivity index (χ3n) is 7.16. The molecule has 1 aliphatic carbocycles. The zero-order valence-corrected chi connectivity index (χ0v) is 18.3. The number of likely N-dealkylation sites (N-methyl/N-ethyl adjacent to an activating group) is 1. The Morgan fingerprint density at radius 3 is 2.68 bits per heavy atom. The Bertz CT molecular complexity index is 991. The zero-order chi connectivity index (χ0) is 21.6. The smallest absolute Gasteiger partial charge is 0.289 e. The fraction of sp³-hybridized carbons (Fsp3) is 0.667. The second-order valence-corrected chi connectivity index (χ2v) is 9.27. The number of likely N-dealkylation sites (tertiary alicyclic amines) is 1. The number of rotatable bonds is 3. The highest BCUT2D eigenvalue weighted by Gasteiger charge is 2.47. The van der Waals surface area contributed by atoms with Gasteiger partial charge in [0.15, 0.2) is 0 Å². The maximum absolute atomic E-state index is 13.0. The number of fused-ring (bicyclic) bond motifs is 1. The van der Waals surface area contributed by atoms with E-state index in [9.17, 15) is 9.59 Å². The molecule has 2 aromatic heterocycles. The Balaban J connectivity index is 1.33. The Labute approximate surface area is 181 Å². The van der Waals surface area contributed by atoms with Crippen LogP contribution < -0.4 is 5.32 Å². The molecule has 2 fully saturated rings. The van der Waals surface area contributed by atoms with Crippen molar-refractivity contribution in [2.24, 2.45) is 7.05 Å². The first-order valence-corrected chi connectivity index (χ1v) is 11.2. The van der Waals surface area contributed by atoms with Crippen molar-refractivity contribution in [2.45, 2.75) is 63.2 Å². The van der Waals surface area contributed by atoms with E-state index in [4.69, 9.17) is 0 Å². The lowest BCUT2D eigenvalue weighted by atomic mass is 9.94. The fourth-order valence-electron chi connectivity index (χ4n) is 5.24. The van der Waals surface area contributed by atoms with Crippen LogP contribution in [0.1, 0.15) is 65.5 Å². The largest absolute Gasteiger partial charge is 0.347 e. The van der Waals surface area contributed by atoms with Crippen LogP contribution in [0.3, 0.4) is 0 Å². The molecule has 2 aliphatic heterocycles. The lowest BCUT2D eigenvalue weighted by Gasteiger charge is -2.42. The Morgan fingerprint density at radius 2 is 1.94 bits per heavy atom. The zero-order valence-electron chi connectivity index (χ0n) is 18.3. The molecule has 2 aromatic rings. The Kier molecular flexibility index (Phi) is 5.04. The van der Waals surface area contributed by atoms with Gasteiger partial charge in [0.25, 0.3) is 11.8 Å². The minimum absolute atomic E-state index is 0.0457. The van der Waals surface area contributed by atoms with Crippen LogP contribution in [0, 0.1) is 0 Å². The average molecular weight is 427 g/mol. The number of amides is 2. The Morgan fingerprint density at radius 1 is 1.13 bits per heavy atom. The lowest BCUT2D eigenvalue weighted by Crippen LogP contribution is -2.55. The molecule has 0 unspecified atom stereocenters. The van der Waals surface area contributed by atoms with E-state index in [0.717, 1.165) is 37.9 Å².